The summed E-state index contributed by atoms with van der Waals surface area (Å²) >= 11 is 1.18. The molecule has 0 amide bonds. The zero-order chi connectivity index (χ0) is 10.6. The smallest absolute Gasteiger partial charge is 0.346 e. The maximum Gasteiger partial charge on any atom is 0.346 e. The normalized spacial score (nSPS) is 10.5. The summed E-state index contributed by atoms with van der Waals surface area (Å²) in [6, 6.07) is 1.54. The largest absolute Gasteiger partial charge is 0.491 e. The molecule has 4 nitrogen and oxygen atoms in total. The molecule has 0 fully saturated rings. The lowest BCUT2D eigenvalue weighted by atomic mass is 10.4. The Hall–Kier alpha value is -1.07. The Labute approximate surface area is 86.7 Å². The summed E-state index contributed by atoms with van der Waals surface area (Å²) < 4.78 is 5.35. The van der Waals surface area contributed by atoms with Gasteiger partial charge in [-0.1, -0.05) is 0 Å². The quantitative estimate of drug-likeness (QED) is 0.806. The number of carboxylic acid groups (broad SMARTS) is 1. The Morgan fingerprint density at radius 2 is 2.36 bits per heavy atom. The van der Waals surface area contributed by atoms with Crippen LogP contribution in [-0.2, 0) is 0 Å². The Kier molecular flexibility index (Phi) is 3.91. The molecule has 0 saturated carbocycles. The second-order valence-corrected chi connectivity index (χ2v) is 4.01. The second-order valence-electron chi connectivity index (χ2n) is 3.10. The van der Waals surface area contributed by atoms with Crippen molar-refractivity contribution >= 4 is 17.3 Å². The molecule has 0 atom stereocenters. The SMILES string of the molecule is CN(C)CCOc1csc(C(=O)O)c1. The fourth-order valence-electron chi connectivity index (χ4n) is 0.853. The van der Waals surface area contributed by atoms with E-state index in [-0.39, 0.29) is 0 Å². The van der Waals surface area contributed by atoms with Crippen LogP contribution in [0.3, 0.4) is 0 Å². The molecule has 0 aliphatic rings. The van der Waals surface area contributed by atoms with Gasteiger partial charge in [0.15, 0.2) is 0 Å². The van der Waals surface area contributed by atoms with Crippen molar-refractivity contribution in [2.45, 2.75) is 0 Å². The van der Waals surface area contributed by atoms with Crippen LogP contribution in [0, 0.1) is 0 Å². The van der Waals surface area contributed by atoms with Gasteiger partial charge in [-0.3, -0.25) is 0 Å². The standard InChI is InChI=1S/C9H13NO3S/c1-10(2)3-4-13-7-5-8(9(11)12)14-6-7/h5-6H,3-4H2,1-2H3,(H,11,12). The number of ether oxygens (including phenoxy) is 1. The monoisotopic (exact) mass is 215 g/mol. The molecule has 1 aromatic heterocycles. The fraction of sp³-hybridized carbons (Fsp3) is 0.444. The van der Waals surface area contributed by atoms with Crippen LogP contribution in [0.25, 0.3) is 0 Å². The molecular formula is C9H13NO3S. The molecule has 0 radical (unpaired) electrons. The summed E-state index contributed by atoms with van der Waals surface area (Å²) in [5.41, 5.74) is 0. The first-order chi connectivity index (χ1) is 6.59. The first kappa shape index (κ1) is 11.0. The maximum atomic E-state index is 10.5. The topological polar surface area (TPSA) is 49.8 Å². The number of thiophene rings is 1. The van der Waals surface area contributed by atoms with E-state index in [9.17, 15) is 4.79 Å². The molecule has 1 rings (SSSR count). The van der Waals surface area contributed by atoms with Gasteiger partial charge < -0.3 is 14.7 Å². The van der Waals surface area contributed by atoms with Gasteiger partial charge in [0, 0.05) is 18.0 Å². The lowest BCUT2D eigenvalue weighted by Gasteiger charge is -2.09. The summed E-state index contributed by atoms with van der Waals surface area (Å²) in [6.45, 7) is 1.39. The third-order valence-corrected chi connectivity index (χ3v) is 2.49. The lowest BCUT2D eigenvalue weighted by molar-refractivity contribution is 0.0702. The third kappa shape index (κ3) is 3.35. The van der Waals surface area contributed by atoms with E-state index in [2.05, 4.69) is 0 Å². The van der Waals surface area contributed by atoms with E-state index in [1.807, 2.05) is 19.0 Å². The molecule has 0 unspecified atom stereocenters. The highest BCUT2D eigenvalue weighted by atomic mass is 32.1. The first-order valence-corrected chi connectivity index (χ1v) is 5.07. The molecule has 1 aromatic rings. The molecule has 78 valence electrons. The lowest BCUT2D eigenvalue weighted by Crippen LogP contribution is -2.19. The molecule has 0 spiro atoms. The van der Waals surface area contributed by atoms with E-state index in [0.29, 0.717) is 17.2 Å². The number of carbonyl (C=O) groups is 1. The van der Waals surface area contributed by atoms with Gasteiger partial charge in [0.1, 0.15) is 17.2 Å². The molecule has 0 bridgehead atoms. The van der Waals surface area contributed by atoms with Crippen LogP contribution in [0.15, 0.2) is 11.4 Å². The van der Waals surface area contributed by atoms with Gasteiger partial charge in [-0.05, 0) is 14.1 Å². The van der Waals surface area contributed by atoms with Crippen molar-refractivity contribution in [3.8, 4) is 5.75 Å². The van der Waals surface area contributed by atoms with E-state index in [0.717, 1.165) is 6.54 Å². The van der Waals surface area contributed by atoms with Crippen LogP contribution >= 0.6 is 11.3 Å². The van der Waals surface area contributed by atoms with Crippen molar-refractivity contribution in [1.29, 1.82) is 0 Å². The highest BCUT2D eigenvalue weighted by molar-refractivity contribution is 7.12. The summed E-state index contributed by atoms with van der Waals surface area (Å²) in [5, 5.41) is 10.4. The van der Waals surface area contributed by atoms with Crippen LogP contribution in [0.5, 0.6) is 5.75 Å². The van der Waals surface area contributed by atoms with Crippen LogP contribution in [0.2, 0.25) is 0 Å². The van der Waals surface area contributed by atoms with Gasteiger partial charge in [0.2, 0.25) is 0 Å². The zero-order valence-electron chi connectivity index (χ0n) is 8.19. The Bertz CT molecular complexity index is 309. The van der Waals surface area contributed by atoms with E-state index in [1.165, 1.54) is 11.3 Å². The highest BCUT2D eigenvalue weighted by Crippen LogP contribution is 2.21. The van der Waals surface area contributed by atoms with Crippen LogP contribution in [0.4, 0.5) is 0 Å². The summed E-state index contributed by atoms with van der Waals surface area (Å²) in [5.74, 6) is -0.272. The van der Waals surface area contributed by atoms with Crippen molar-refractivity contribution in [3.05, 3.63) is 16.3 Å². The maximum absolute atomic E-state index is 10.5. The Morgan fingerprint density at radius 3 is 2.86 bits per heavy atom. The molecule has 0 aliphatic heterocycles. The zero-order valence-corrected chi connectivity index (χ0v) is 9.00. The number of aromatic carboxylic acids is 1. The molecule has 14 heavy (non-hydrogen) atoms. The third-order valence-electron chi connectivity index (χ3n) is 1.59. The van der Waals surface area contributed by atoms with E-state index in [4.69, 9.17) is 9.84 Å². The minimum Gasteiger partial charge on any atom is -0.491 e. The number of likely N-dealkylation sites (N-methyl/N-ethyl adjacent to an activating group) is 1. The number of carboxylic acids is 1. The predicted molar refractivity (Wildman–Crippen MR) is 55.3 cm³/mol. The summed E-state index contributed by atoms with van der Waals surface area (Å²) in [4.78, 5) is 12.9. The van der Waals surface area contributed by atoms with Crippen molar-refractivity contribution in [2.24, 2.45) is 0 Å². The van der Waals surface area contributed by atoms with Crippen LogP contribution in [-0.4, -0.2) is 43.2 Å². The molecule has 1 N–H and O–H groups in total. The summed E-state index contributed by atoms with van der Waals surface area (Å²) in [7, 11) is 3.92. The van der Waals surface area contributed by atoms with Crippen LogP contribution in [0.1, 0.15) is 9.67 Å². The van der Waals surface area contributed by atoms with Gasteiger partial charge in [-0.15, -0.1) is 11.3 Å². The number of hydrogen-bond donors (Lipinski definition) is 1. The summed E-state index contributed by atoms with van der Waals surface area (Å²) in [6.07, 6.45) is 0. The van der Waals surface area contributed by atoms with Crippen LogP contribution < -0.4 is 4.74 Å². The van der Waals surface area contributed by atoms with Gasteiger partial charge in [0.25, 0.3) is 0 Å². The number of nitrogens with zero attached hydrogens (tertiary/aromatic N) is 1. The van der Waals surface area contributed by atoms with Gasteiger partial charge >= 0.3 is 5.97 Å². The molecule has 5 heteroatoms. The van der Waals surface area contributed by atoms with Crippen molar-refractivity contribution < 1.29 is 14.6 Å². The number of rotatable bonds is 5. The molecule has 0 aromatic carbocycles. The first-order valence-electron chi connectivity index (χ1n) is 4.19. The second kappa shape index (κ2) is 4.97. The van der Waals surface area contributed by atoms with Crippen molar-refractivity contribution in [3.63, 3.8) is 0 Å². The molecule has 0 aliphatic carbocycles. The minimum absolute atomic E-state index is 0.310. The van der Waals surface area contributed by atoms with E-state index >= 15 is 0 Å². The minimum atomic E-state index is -0.905. The van der Waals surface area contributed by atoms with E-state index in [1.54, 1.807) is 11.4 Å². The highest BCUT2D eigenvalue weighted by Gasteiger charge is 2.06. The van der Waals surface area contributed by atoms with Crippen molar-refractivity contribution in [1.82, 2.24) is 4.90 Å². The van der Waals surface area contributed by atoms with Crippen molar-refractivity contribution in [2.75, 3.05) is 27.2 Å². The average Bonchev–Trinajstić information content (AvgIpc) is 2.52. The fourth-order valence-corrected chi connectivity index (χ4v) is 1.52. The molecule has 0 saturated heterocycles. The van der Waals surface area contributed by atoms with Gasteiger partial charge in [0.05, 0.1) is 0 Å². The van der Waals surface area contributed by atoms with Gasteiger partial charge in [-0.25, -0.2) is 4.79 Å². The molecule has 1 heterocycles. The van der Waals surface area contributed by atoms with E-state index < -0.39 is 5.97 Å². The molecular weight excluding hydrogens is 202 g/mol. The Morgan fingerprint density at radius 1 is 1.64 bits per heavy atom. The predicted octanol–water partition coefficient (Wildman–Crippen LogP) is 1.39. The Balaban J connectivity index is 2.40. The van der Waals surface area contributed by atoms with Gasteiger partial charge in [-0.2, -0.15) is 0 Å². The average molecular weight is 215 g/mol. The number of hydrogen-bond acceptors (Lipinski definition) is 4.